The molecule has 1 N–H and O–H groups in total. The van der Waals surface area contributed by atoms with E-state index in [1.54, 1.807) is 18.1 Å². The van der Waals surface area contributed by atoms with Crippen molar-refractivity contribution in [2.45, 2.75) is 23.4 Å². The van der Waals surface area contributed by atoms with Gasteiger partial charge in [0.2, 0.25) is 0 Å². The van der Waals surface area contributed by atoms with E-state index in [0.29, 0.717) is 17.4 Å². The lowest BCUT2D eigenvalue weighted by Gasteiger charge is -2.11. The number of anilines is 1. The van der Waals surface area contributed by atoms with Crippen LogP contribution in [0.25, 0.3) is 0 Å². The highest BCUT2D eigenvalue weighted by molar-refractivity contribution is 7.99. The maximum atomic E-state index is 6.36. The smallest absolute Gasteiger partial charge is 0.156 e. The zero-order valence-corrected chi connectivity index (χ0v) is 18.4. The zero-order chi connectivity index (χ0) is 21.2. The summed E-state index contributed by atoms with van der Waals surface area (Å²) in [6.07, 6.45) is 1.58. The van der Waals surface area contributed by atoms with E-state index < -0.39 is 0 Å². The Morgan fingerprint density at radius 1 is 0.935 bits per heavy atom. The first-order valence-electron chi connectivity index (χ1n) is 9.94. The summed E-state index contributed by atoms with van der Waals surface area (Å²) in [5.41, 5.74) is 6.00. The summed E-state index contributed by atoms with van der Waals surface area (Å²) in [6, 6.07) is 24.5. The molecule has 0 bridgehead atoms. The van der Waals surface area contributed by atoms with E-state index >= 15 is 0 Å². The minimum atomic E-state index is 0.656. The molecule has 1 aliphatic rings. The third-order valence-electron chi connectivity index (χ3n) is 5.04. The Morgan fingerprint density at radius 2 is 1.74 bits per heavy atom. The van der Waals surface area contributed by atoms with Crippen molar-refractivity contribution in [2.24, 2.45) is 4.99 Å². The number of halogens is 1. The van der Waals surface area contributed by atoms with Crippen molar-refractivity contribution in [1.82, 2.24) is 9.97 Å². The lowest BCUT2D eigenvalue weighted by atomic mass is 10.0. The molecule has 152 valence electrons. The van der Waals surface area contributed by atoms with Crippen LogP contribution < -0.4 is 5.32 Å². The van der Waals surface area contributed by atoms with Gasteiger partial charge in [-0.3, -0.25) is 0 Å². The van der Waals surface area contributed by atoms with Gasteiger partial charge in [0.1, 0.15) is 17.0 Å². The second kappa shape index (κ2) is 8.53. The SMILES string of the molecule is Cc1ccc(C2=Nc3c(NCc4ccccc4)ncnc3Sc3ccc(Cl)cc32)cc1. The summed E-state index contributed by atoms with van der Waals surface area (Å²) in [5, 5.41) is 4.93. The van der Waals surface area contributed by atoms with Gasteiger partial charge in [-0.25, -0.2) is 15.0 Å². The molecule has 0 aliphatic carbocycles. The molecule has 0 radical (unpaired) electrons. The number of aliphatic imine (C=N–C) groups is 1. The van der Waals surface area contributed by atoms with Crippen molar-refractivity contribution < 1.29 is 0 Å². The lowest BCUT2D eigenvalue weighted by molar-refractivity contribution is 1.02. The van der Waals surface area contributed by atoms with Crippen molar-refractivity contribution in [3.8, 4) is 0 Å². The summed E-state index contributed by atoms with van der Waals surface area (Å²) in [6.45, 7) is 2.73. The number of aromatic nitrogens is 2. The first-order valence-corrected chi connectivity index (χ1v) is 11.1. The van der Waals surface area contributed by atoms with Crippen LogP contribution in [0.15, 0.2) is 94.0 Å². The molecule has 4 nitrogen and oxygen atoms in total. The van der Waals surface area contributed by atoms with Crippen molar-refractivity contribution in [3.05, 3.63) is 106 Å². The number of benzene rings is 3. The highest BCUT2D eigenvalue weighted by atomic mass is 35.5. The molecule has 0 fully saturated rings. The Balaban J connectivity index is 1.63. The quantitative estimate of drug-likeness (QED) is 0.315. The predicted molar refractivity (Wildman–Crippen MR) is 128 cm³/mol. The Kier molecular flexibility index (Phi) is 5.45. The number of nitrogens with zero attached hydrogens (tertiary/aromatic N) is 3. The second-order valence-corrected chi connectivity index (χ2v) is 8.75. The lowest BCUT2D eigenvalue weighted by Crippen LogP contribution is -2.05. The molecular formula is C25H19ClN4S. The van der Waals surface area contributed by atoms with Gasteiger partial charge < -0.3 is 5.32 Å². The first kappa shape index (κ1) is 19.8. The van der Waals surface area contributed by atoms with E-state index in [1.165, 1.54) is 11.1 Å². The van der Waals surface area contributed by atoms with Crippen LogP contribution in [0.3, 0.4) is 0 Å². The van der Waals surface area contributed by atoms with Gasteiger partial charge in [0.25, 0.3) is 0 Å². The molecule has 1 aromatic heterocycles. The van der Waals surface area contributed by atoms with Gasteiger partial charge in [0, 0.05) is 27.6 Å². The van der Waals surface area contributed by atoms with E-state index in [4.69, 9.17) is 16.6 Å². The topological polar surface area (TPSA) is 50.2 Å². The minimum absolute atomic E-state index is 0.656. The monoisotopic (exact) mass is 442 g/mol. The largest absolute Gasteiger partial charge is 0.364 e. The maximum Gasteiger partial charge on any atom is 0.156 e. The van der Waals surface area contributed by atoms with E-state index in [0.717, 1.165) is 32.4 Å². The molecule has 2 heterocycles. The van der Waals surface area contributed by atoms with Gasteiger partial charge in [-0.15, -0.1) is 0 Å². The number of hydrogen-bond donors (Lipinski definition) is 1. The third kappa shape index (κ3) is 4.20. The standard InChI is InChI=1S/C25H19ClN4S/c1-16-7-9-18(10-8-16)22-20-13-19(26)11-12-21(20)31-25-23(30-22)24(28-15-29-25)27-14-17-5-3-2-4-6-17/h2-13,15H,14H2,1H3,(H,27,28,29). The molecule has 4 aromatic rings. The van der Waals surface area contributed by atoms with Crippen LogP contribution in [0.2, 0.25) is 5.02 Å². The van der Waals surface area contributed by atoms with E-state index in [2.05, 4.69) is 58.6 Å². The molecule has 0 amide bonds. The number of rotatable bonds is 4. The Labute approximate surface area is 190 Å². The van der Waals surface area contributed by atoms with Gasteiger partial charge in [0.15, 0.2) is 5.82 Å². The Bertz CT molecular complexity index is 1270. The summed E-state index contributed by atoms with van der Waals surface area (Å²) in [5.74, 6) is 0.713. The maximum absolute atomic E-state index is 6.36. The van der Waals surface area contributed by atoms with E-state index in [-0.39, 0.29) is 0 Å². The fourth-order valence-corrected chi connectivity index (χ4v) is 4.55. The van der Waals surface area contributed by atoms with Crippen molar-refractivity contribution in [1.29, 1.82) is 0 Å². The van der Waals surface area contributed by atoms with Crippen LogP contribution in [0, 0.1) is 6.92 Å². The predicted octanol–water partition coefficient (Wildman–Crippen LogP) is 6.68. The molecule has 5 rings (SSSR count). The molecule has 31 heavy (non-hydrogen) atoms. The van der Waals surface area contributed by atoms with Gasteiger partial charge in [-0.2, -0.15) is 0 Å². The molecule has 0 unspecified atom stereocenters. The van der Waals surface area contributed by atoms with Gasteiger partial charge >= 0.3 is 0 Å². The van der Waals surface area contributed by atoms with Crippen LogP contribution >= 0.6 is 23.4 Å². The Morgan fingerprint density at radius 3 is 2.55 bits per heavy atom. The van der Waals surface area contributed by atoms with Gasteiger partial charge in [0.05, 0.1) is 5.71 Å². The zero-order valence-electron chi connectivity index (χ0n) is 16.8. The van der Waals surface area contributed by atoms with Gasteiger partial charge in [-0.1, -0.05) is 83.5 Å². The molecule has 0 atom stereocenters. The number of fused-ring (bicyclic) bond motifs is 2. The van der Waals surface area contributed by atoms with Crippen LogP contribution in [-0.2, 0) is 6.54 Å². The number of nitrogens with one attached hydrogen (secondary N) is 1. The van der Waals surface area contributed by atoms with Crippen LogP contribution in [0.1, 0.15) is 22.3 Å². The van der Waals surface area contributed by atoms with E-state index in [1.807, 2.05) is 36.4 Å². The summed E-state index contributed by atoms with van der Waals surface area (Å²) in [4.78, 5) is 15.2. The summed E-state index contributed by atoms with van der Waals surface area (Å²) >= 11 is 7.95. The van der Waals surface area contributed by atoms with Gasteiger partial charge in [-0.05, 0) is 30.7 Å². The number of aryl methyl sites for hydroxylation is 1. The van der Waals surface area contributed by atoms with Crippen LogP contribution in [0.4, 0.5) is 11.5 Å². The third-order valence-corrected chi connectivity index (χ3v) is 6.35. The fourth-order valence-electron chi connectivity index (χ4n) is 3.43. The van der Waals surface area contributed by atoms with Crippen molar-refractivity contribution in [2.75, 3.05) is 5.32 Å². The number of hydrogen-bond acceptors (Lipinski definition) is 5. The highest BCUT2D eigenvalue weighted by Crippen LogP contribution is 2.43. The molecule has 1 aliphatic heterocycles. The fraction of sp³-hybridized carbons (Fsp3) is 0.0800. The average Bonchev–Trinajstić information content (AvgIpc) is 2.96. The van der Waals surface area contributed by atoms with Crippen LogP contribution in [0.5, 0.6) is 0 Å². The average molecular weight is 443 g/mol. The molecule has 0 saturated carbocycles. The molecule has 3 aromatic carbocycles. The van der Waals surface area contributed by atoms with E-state index in [9.17, 15) is 0 Å². The highest BCUT2D eigenvalue weighted by Gasteiger charge is 2.22. The second-order valence-electron chi connectivity index (χ2n) is 7.28. The molecule has 0 saturated heterocycles. The normalized spacial score (nSPS) is 12.4. The first-order chi connectivity index (χ1) is 15.2. The van der Waals surface area contributed by atoms with Crippen molar-refractivity contribution in [3.63, 3.8) is 0 Å². The minimum Gasteiger partial charge on any atom is -0.364 e. The summed E-state index contributed by atoms with van der Waals surface area (Å²) in [7, 11) is 0. The van der Waals surface area contributed by atoms with Crippen LogP contribution in [-0.4, -0.2) is 15.7 Å². The van der Waals surface area contributed by atoms with Crippen molar-refractivity contribution >= 4 is 40.6 Å². The molecule has 6 heteroatoms. The molecular weight excluding hydrogens is 424 g/mol. The molecule has 0 spiro atoms. The Hall–Kier alpha value is -3.15. The summed E-state index contributed by atoms with van der Waals surface area (Å²) < 4.78 is 0.